The first-order valence-corrected chi connectivity index (χ1v) is 10.5. The number of nitrogens with zero attached hydrogens (tertiary/aromatic N) is 4. The first-order chi connectivity index (χ1) is 15.9. The van der Waals surface area contributed by atoms with Crippen LogP contribution in [-0.4, -0.2) is 21.7 Å². The summed E-state index contributed by atoms with van der Waals surface area (Å²) in [6.07, 6.45) is 5.36. The van der Waals surface area contributed by atoms with Gasteiger partial charge in [0.2, 0.25) is 0 Å². The van der Waals surface area contributed by atoms with Gasteiger partial charge in [-0.15, -0.1) is 0 Å². The normalized spacial score (nSPS) is 12.2. The Morgan fingerprint density at radius 3 is 2.03 bits per heavy atom. The van der Waals surface area contributed by atoms with Crippen LogP contribution < -0.4 is 20.5 Å². The Kier molecular flexibility index (Phi) is 4.46. The molecule has 0 radical (unpaired) electrons. The van der Waals surface area contributed by atoms with E-state index in [2.05, 4.69) is 87.8 Å². The maximum Gasteiger partial charge on any atom is 0.430 e. The lowest BCUT2D eigenvalue weighted by atomic mass is 9.52. The molecular weight excluding hydrogens is 395 g/mol. The summed E-state index contributed by atoms with van der Waals surface area (Å²) >= 11 is 0. The first-order valence-electron chi connectivity index (χ1n) is 10.5. The van der Waals surface area contributed by atoms with E-state index in [-0.39, 0.29) is 6.92 Å². The average molecular weight is 414 g/mol. The van der Waals surface area contributed by atoms with E-state index in [1.807, 2.05) is 30.5 Å². The van der Waals surface area contributed by atoms with Gasteiger partial charge < -0.3 is 9.55 Å². The molecule has 3 aromatic carbocycles. The van der Waals surface area contributed by atoms with Gasteiger partial charge in [-0.3, -0.25) is 0 Å². The molecule has 5 aromatic rings. The molecule has 0 fully saturated rings. The van der Waals surface area contributed by atoms with Gasteiger partial charge in [-0.2, -0.15) is 5.10 Å². The third-order valence-corrected chi connectivity index (χ3v) is 5.65. The van der Waals surface area contributed by atoms with Gasteiger partial charge in [0, 0.05) is 35.7 Å². The van der Waals surface area contributed by atoms with Crippen LogP contribution in [-0.2, 0) is 0 Å². The minimum Gasteiger partial charge on any atom is -0.549 e. The zero-order valence-electron chi connectivity index (χ0n) is 17.2. The van der Waals surface area contributed by atoms with E-state index in [9.17, 15) is 0 Å². The quantitative estimate of drug-likeness (QED) is 0.413. The zero-order valence-corrected chi connectivity index (χ0v) is 17.2. The monoisotopic (exact) mass is 414 g/mol. The highest BCUT2D eigenvalue weighted by molar-refractivity contribution is 6.84. The molecule has 0 amide bonds. The largest absolute Gasteiger partial charge is 0.549 e. The number of hydrogen-bond donors (Lipinski definition) is 0. The highest BCUT2D eigenvalue weighted by Crippen LogP contribution is 2.36. The van der Waals surface area contributed by atoms with Crippen molar-refractivity contribution in [3.05, 3.63) is 116 Å². The van der Waals surface area contributed by atoms with Crippen molar-refractivity contribution in [3.8, 4) is 11.6 Å². The second-order valence-electron chi connectivity index (χ2n) is 7.56. The van der Waals surface area contributed by atoms with E-state index in [0.717, 1.165) is 28.0 Å². The molecule has 0 N–H and O–H groups in total. The molecule has 0 saturated carbocycles. The fraction of sp³-hybridized carbons (Fsp3) is 0. The van der Waals surface area contributed by atoms with Gasteiger partial charge in [-0.05, 0) is 53.4 Å². The Hall–Kier alpha value is -4.32. The van der Waals surface area contributed by atoms with Crippen LogP contribution in [0.15, 0.2) is 116 Å². The van der Waals surface area contributed by atoms with E-state index >= 15 is 0 Å². The van der Waals surface area contributed by atoms with Crippen LogP contribution in [0.25, 0.3) is 5.82 Å². The molecule has 2 aromatic heterocycles. The molecule has 1 aliphatic rings. The number of aromatic nitrogens is 3. The fourth-order valence-electron chi connectivity index (χ4n) is 4.27. The Morgan fingerprint density at radius 2 is 1.34 bits per heavy atom. The molecule has 0 saturated heterocycles. The second-order valence-corrected chi connectivity index (χ2v) is 7.56. The van der Waals surface area contributed by atoms with Gasteiger partial charge in [-0.1, -0.05) is 54.6 Å². The van der Waals surface area contributed by atoms with Crippen LogP contribution in [0.5, 0.6) is 5.75 Å². The van der Waals surface area contributed by atoms with Crippen molar-refractivity contribution in [1.29, 1.82) is 0 Å². The summed E-state index contributed by atoms with van der Waals surface area (Å²) in [5.41, 5.74) is 5.53. The second kappa shape index (κ2) is 7.74. The highest BCUT2D eigenvalue weighted by atomic mass is 16.4. The molecule has 0 atom stereocenters. The van der Waals surface area contributed by atoms with Crippen molar-refractivity contribution >= 4 is 34.9 Å². The Labute approximate surface area is 186 Å². The summed E-state index contributed by atoms with van der Waals surface area (Å²) in [6.45, 7) is -0.277. The first kappa shape index (κ1) is 18.5. The van der Waals surface area contributed by atoms with Gasteiger partial charge >= 0.3 is 6.92 Å². The molecule has 0 unspecified atom stereocenters. The van der Waals surface area contributed by atoms with E-state index in [4.69, 9.17) is 4.65 Å². The van der Waals surface area contributed by atoms with Crippen LogP contribution in [0.3, 0.4) is 0 Å². The van der Waals surface area contributed by atoms with Gasteiger partial charge in [0.1, 0.15) is 5.75 Å². The minimum atomic E-state index is -0.277. The molecule has 6 rings (SSSR count). The standard InChI is InChI=1S/C26H19BN4O/c1-2-10-20(11-3-1)31-23-14-6-4-12-21(23)27(22-13-5-7-15-24(22)31)32-25-16-8-17-28-26(25)30-19-9-18-29-30/h1-19H. The lowest BCUT2D eigenvalue weighted by Crippen LogP contribution is -2.54. The van der Waals surface area contributed by atoms with Crippen LogP contribution in [0.4, 0.5) is 17.1 Å². The molecule has 32 heavy (non-hydrogen) atoms. The number of pyridine rings is 1. The molecular formula is C26H19BN4O. The topological polar surface area (TPSA) is 43.2 Å². The molecule has 5 nitrogen and oxygen atoms in total. The van der Waals surface area contributed by atoms with Crippen LogP contribution in [0, 0.1) is 0 Å². The lowest BCUT2D eigenvalue weighted by Gasteiger charge is -2.36. The molecule has 3 heterocycles. The van der Waals surface area contributed by atoms with E-state index in [1.165, 1.54) is 0 Å². The van der Waals surface area contributed by atoms with Crippen molar-refractivity contribution < 1.29 is 4.65 Å². The van der Waals surface area contributed by atoms with Crippen molar-refractivity contribution in [1.82, 2.24) is 14.8 Å². The summed E-state index contributed by atoms with van der Waals surface area (Å²) < 4.78 is 8.43. The predicted molar refractivity (Wildman–Crippen MR) is 128 cm³/mol. The Morgan fingerprint density at radius 1 is 0.656 bits per heavy atom. The predicted octanol–water partition coefficient (Wildman–Crippen LogP) is 4.24. The number of benzene rings is 3. The van der Waals surface area contributed by atoms with Gasteiger partial charge in [0.15, 0.2) is 5.82 Å². The van der Waals surface area contributed by atoms with Crippen molar-refractivity contribution in [2.75, 3.05) is 4.90 Å². The third-order valence-electron chi connectivity index (χ3n) is 5.65. The van der Waals surface area contributed by atoms with E-state index in [1.54, 1.807) is 17.1 Å². The fourth-order valence-corrected chi connectivity index (χ4v) is 4.27. The molecule has 1 aliphatic heterocycles. The Balaban J connectivity index is 1.51. The van der Waals surface area contributed by atoms with Crippen LogP contribution in [0.2, 0.25) is 0 Å². The van der Waals surface area contributed by atoms with Gasteiger partial charge in [0.05, 0.1) is 0 Å². The lowest BCUT2D eigenvalue weighted by molar-refractivity contribution is 0.577. The highest BCUT2D eigenvalue weighted by Gasteiger charge is 2.37. The number of rotatable bonds is 4. The van der Waals surface area contributed by atoms with Crippen molar-refractivity contribution in [2.45, 2.75) is 0 Å². The summed E-state index contributed by atoms with van der Waals surface area (Å²) in [4.78, 5) is 6.82. The SMILES string of the molecule is c1ccc(N2c3ccccc3B(Oc3cccnc3-n3cccn3)c3ccccc32)cc1. The third kappa shape index (κ3) is 3.05. The van der Waals surface area contributed by atoms with Crippen LogP contribution >= 0.6 is 0 Å². The summed E-state index contributed by atoms with van der Waals surface area (Å²) in [5.74, 6) is 1.34. The summed E-state index contributed by atoms with van der Waals surface area (Å²) in [7, 11) is 0. The zero-order chi connectivity index (χ0) is 21.3. The van der Waals surface area contributed by atoms with Crippen LogP contribution in [0.1, 0.15) is 0 Å². The molecule has 0 spiro atoms. The van der Waals surface area contributed by atoms with E-state index < -0.39 is 0 Å². The van der Waals surface area contributed by atoms with Gasteiger partial charge in [0.25, 0.3) is 0 Å². The molecule has 6 heteroatoms. The van der Waals surface area contributed by atoms with Gasteiger partial charge in [-0.25, -0.2) is 9.67 Å². The Bertz CT molecular complexity index is 1320. The molecule has 152 valence electrons. The summed E-state index contributed by atoms with van der Waals surface area (Å²) in [5, 5.41) is 4.35. The minimum absolute atomic E-state index is 0.277. The number of anilines is 3. The maximum absolute atomic E-state index is 6.70. The smallest absolute Gasteiger partial charge is 0.430 e. The number of hydrogen-bond acceptors (Lipinski definition) is 4. The molecule has 0 aliphatic carbocycles. The average Bonchev–Trinajstić information content (AvgIpc) is 3.40. The van der Waals surface area contributed by atoms with Crippen molar-refractivity contribution in [2.24, 2.45) is 0 Å². The maximum atomic E-state index is 6.70. The number of fused-ring (bicyclic) bond motifs is 2. The molecule has 0 bridgehead atoms. The van der Waals surface area contributed by atoms with E-state index in [0.29, 0.717) is 11.6 Å². The summed E-state index contributed by atoms with van der Waals surface area (Å²) in [6, 6.07) is 33.0. The van der Waals surface area contributed by atoms with Crippen molar-refractivity contribution in [3.63, 3.8) is 0 Å². The number of para-hydroxylation sites is 3.